The number of fused-ring (bicyclic) bond motifs is 3. The number of aromatic hydroxyl groups is 1. The first-order valence-corrected chi connectivity index (χ1v) is 9.80. The Hall–Kier alpha value is -1.70. The van der Waals surface area contributed by atoms with Crippen molar-refractivity contribution in [3.63, 3.8) is 0 Å². The highest BCUT2D eigenvalue weighted by molar-refractivity contribution is 5.60. The first-order valence-electron chi connectivity index (χ1n) is 9.80. The molecule has 1 aliphatic heterocycles. The van der Waals surface area contributed by atoms with Crippen LogP contribution in [0.5, 0.6) is 11.5 Å². The molecule has 0 radical (unpaired) electrons. The second-order valence-electron chi connectivity index (χ2n) is 8.26. The number of phenolic OH excluding ortho intramolecular Hbond substituents is 1. The Morgan fingerprint density at radius 1 is 1.28 bits per heavy atom. The van der Waals surface area contributed by atoms with E-state index < -0.39 is 0 Å². The third-order valence-electron chi connectivity index (χ3n) is 5.81. The molecule has 2 atom stereocenters. The second kappa shape index (κ2) is 7.27. The highest BCUT2D eigenvalue weighted by Gasteiger charge is 2.45. The van der Waals surface area contributed by atoms with E-state index in [4.69, 9.17) is 4.74 Å². The molecular formula is C23H32O2. The number of ether oxygens (including phenoxy) is 1. The van der Waals surface area contributed by atoms with Gasteiger partial charge in [0.05, 0.1) is 0 Å². The molecule has 1 heterocycles. The zero-order chi connectivity index (χ0) is 18.0. The zero-order valence-electron chi connectivity index (χ0n) is 16.1. The van der Waals surface area contributed by atoms with Crippen LogP contribution in [-0.2, 0) is 0 Å². The van der Waals surface area contributed by atoms with Crippen LogP contribution in [0.3, 0.4) is 0 Å². The van der Waals surface area contributed by atoms with Crippen molar-refractivity contribution in [2.45, 2.75) is 77.7 Å². The van der Waals surface area contributed by atoms with Gasteiger partial charge in [-0.05, 0) is 64.2 Å². The van der Waals surface area contributed by atoms with Crippen molar-refractivity contribution in [2.24, 2.45) is 5.92 Å². The normalized spacial score (nSPS) is 24.4. The Labute approximate surface area is 152 Å². The van der Waals surface area contributed by atoms with Gasteiger partial charge in [0.2, 0.25) is 0 Å². The topological polar surface area (TPSA) is 29.5 Å². The van der Waals surface area contributed by atoms with Crippen LogP contribution in [0.4, 0.5) is 0 Å². The van der Waals surface area contributed by atoms with Crippen LogP contribution < -0.4 is 4.74 Å². The molecule has 2 heteroatoms. The van der Waals surface area contributed by atoms with Crippen molar-refractivity contribution >= 4 is 6.08 Å². The summed E-state index contributed by atoms with van der Waals surface area (Å²) in [6, 6.07) is 4.01. The largest absolute Gasteiger partial charge is 0.507 e. The van der Waals surface area contributed by atoms with E-state index in [9.17, 15) is 5.11 Å². The van der Waals surface area contributed by atoms with Crippen molar-refractivity contribution in [3.05, 3.63) is 41.0 Å². The minimum Gasteiger partial charge on any atom is -0.507 e. The average Bonchev–Trinajstić information content (AvgIpc) is 2.53. The van der Waals surface area contributed by atoms with Crippen molar-refractivity contribution < 1.29 is 9.84 Å². The predicted octanol–water partition coefficient (Wildman–Crippen LogP) is 6.60. The van der Waals surface area contributed by atoms with Crippen LogP contribution in [0.1, 0.15) is 83.3 Å². The molecule has 1 aromatic carbocycles. The van der Waals surface area contributed by atoms with Gasteiger partial charge < -0.3 is 9.84 Å². The summed E-state index contributed by atoms with van der Waals surface area (Å²) in [7, 11) is 0. The van der Waals surface area contributed by atoms with Crippen molar-refractivity contribution in [1.29, 1.82) is 0 Å². The van der Waals surface area contributed by atoms with Gasteiger partial charge in [0.25, 0.3) is 0 Å². The third-order valence-corrected chi connectivity index (χ3v) is 5.81. The molecular weight excluding hydrogens is 308 g/mol. The molecule has 2 aliphatic rings. The highest BCUT2D eigenvalue weighted by atomic mass is 16.5. The Balaban J connectivity index is 1.89. The fourth-order valence-electron chi connectivity index (χ4n) is 4.41. The molecule has 1 aliphatic carbocycles. The van der Waals surface area contributed by atoms with Crippen LogP contribution >= 0.6 is 0 Å². The summed E-state index contributed by atoms with van der Waals surface area (Å²) in [5.41, 5.74) is 3.26. The second-order valence-corrected chi connectivity index (χ2v) is 8.26. The predicted molar refractivity (Wildman–Crippen MR) is 105 cm³/mol. The summed E-state index contributed by atoms with van der Waals surface area (Å²) in [5.74, 6) is 2.04. The SMILES string of the molecule is CCCCC/C=C/c1cc(O)c2c(c1)OC(C)(C)C1CC=C(C)CC21. The third kappa shape index (κ3) is 3.78. The Bertz CT molecular complexity index is 682. The van der Waals surface area contributed by atoms with Crippen LogP contribution in [0.25, 0.3) is 6.08 Å². The number of benzene rings is 1. The first kappa shape index (κ1) is 18.1. The molecule has 0 spiro atoms. The van der Waals surface area contributed by atoms with Gasteiger partial charge in [-0.2, -0.15) is 0 Å². The molecule has 1 N–H and O–H groups in total. The standard InChI is InChI=1S/C23H32O2/c1-5-6-7-8-9-10-17-14-20(24)22-18-13-16(2)11-12-19(18)23(3,4)25-21(22)15-17/h9-11,14-15,18-19,24H,5-8,12-13H2,1-4H3/b10-9+. The number of hydrogen-bond donors (Lipinski definition) is 1. The van der Waals surface area contributed by atoms with Gasteiger partial charge in [0.15, 0.2) is 0 Å². The molecule has 3 rings (SSSR count). The Kier molecular flexibility index (Phi) is 5.27. The van der Waals surface area contributed by atoms with E-state index >= 15 is 0 Å². The maximum absolute atomic E-state index is 10.7. The van der Waals surface area contributed by atoms with Gasteiger partial charge >= 0.3 is 0 Å². The molecule has 25 heavy (non-hydrogen) atoms. The minimum absolute atomic E-state index is 0.204. The minimum atomic E-state index is -0.204. The van der Waals surface area contributed by atoms with Gasteiger partial charge in [-0.1, -0.05) is 43.6 Å². The maximum Gasteiger partial charge on any atom is 0.127 e. The summed E-state index contributed by atoms with van der Waals surface area (Å²) >= 11 is 0. The highest BCUT2D eigenvalue weighted by Crippen LogP contribution is 2.54. The molecule has 0 amide bonds. The lowest BCUT2D eigenvalue weighted by molar-refractivity contribution is 0.00760. The van der Waals surface area contributed by atoms with Crippen LogP contribution in [0, 0.1) is 5.92 Å². The van der Waals surface area contributed by atoms with Gasteiger partial charge in [-0.15, -0.1) is 0 Å². The number of unbranched alkanes of at least 4 members (excludes halogenated alkanes) is 3. The summed E-state index contributed by atoms with van der Waals surface area (Å²) in [4.78, 5) is 0. The number of rotatable bonds is 5. The quantitative estimate of drug-likeness (QED) is 0.483. The van der Waals surface area contributed by atoms with E-state index in [1.54, 1.807) is 0 Å². The van der Waals surface area contributed by atoms with Crippen molar-refractivity contribution in [2.75, 3.05) is 0 Å². The van der Waals surface area contributed by atoms with E-state index in [1.165, 1.54) is 24.8 Å². The van der Waals surface area contributed by atoms with E-state index in [1.807, 2.05) is 6.07 Å². The van der Waals surface area contributed by atoms with E-state index in [0.29, 0.717) is 17.6 Å². The summed E-state index contributed by atoms with van der Waals surface area (Å²) in [5, 5.41) is 10.7. The lowest BCUT2D eigenvalue weighted by Gasteiger charge is -2.47. The first-order chi connectivity index (χ1) is 11.9. The van der Waals surface area contributed by atoms with E-state index in [-0.39, 0.29) is 5.60 Å². The fourth-order valence-corrected chi connectivity index (χ4v) is 4.41. The molecule has 0 saturated heterocycles. The summed E-state index contributed by atoms with van der Waals surface area (Å²) in [6.07, 6.45) is 13.5. The molecule has 2 nitrogen and oxygen atoms in total. The van der Waals surface area contributed by atoms with Gasteiger partial charge in [0.1, 0.15) is 17.1 Å². The number of hydrogen-bond acceptors (Lipinski definition) is 2. The average molecular weight is 341 g/mol. The van der Waals surface area contributed by atoms with Crippen molar-refractivity contribution in [1.82, 2.24) is 0 Å². The number of phenols is 1. The van der Waals surface area contributed by atoms with Crippen LogP contribution in [0.2, 0.25) is 0 Å². The summed E-state index contributed by atoms with van der Waals surface area (Å²) < 4.78 is 6.37. The van der Waals surface area contributed by atoms with Gasteiger partial charge in [0, 0.05) is 17.4 Å². The molecule has 0 fully saturated rings. The Morgan fingerprint density at radius 2 is 2.08 bits per heavy atom. The molecule has 0 saturated carbocycles. The van der Waals surface area contributed by atoms with Crippen LogP contribution in [-0.4, -0.2) is 10.7 Å². The molecule has 1 aromatic rings. The smallest absolute Gasteiger partial charge is 0.127 e. The van der Waals surface area contributed by atoms with Crippen LogP contribution in [0.15, 0.2) is 29.9 Å². The van der Waals surface area contributed by atoms with E-state index in [0.717, 1.165) is 36.1 Å². The van der Waals surface area contributed by atoms with Gasteiger partial charge in [-0.25, -0.2) is 0 Å². The molecule has 136 valence electrons. The fraction of sp³-hybridized carbons (Fsp3) is 0.565. The van der Waals surface area contributed by atoms with E-state index in [2.05, 4.69) is 52.0 Å². The Morgan fingerprint density at radius 3 is 2.84 bits per heavy atom. The lowest BCUT2D eigenvalue weighted by atomic mass is 9.67. The molecule has 0 aromatic heterocycles. The molecule has 0 bridgehead atoms. The maximum atomic E-state index is 10.7. The van der Waals surface area contributed by atoms with Crippen molar-refractivity contribution in [3.8, 4) is 11.5 Å². The molecule has 2 unspecified atom stereocenters. The number of allylic oxidation sites excluding steroid dienone is 3. The van der Waals surface area contributed by atoms with Gasteiger partial charge in [-0.3, -0.25) is 0 Å². The zero-order valence-corrected chi connectivity index (χ0v) is 16.1. The lowest BCUT2D eigenvalue weighted by Crippen LogP contribution is -2.45. The summed E-state index contributed by atoms with van der Waals surface area (Å²) in [6.45, 7) is 8.79. The monoisotopic (exact) mass is 340 g/mol.